The maximum atomic E-state index is 11.4. The van der Waals surface area contributed by atoms with Crippen LogP contribution in [0.1, 0.15) is 18.2 Å². The summed E-state index contributed by atoms with van der Waals surface area (Å²) in [5.74, 6) is -0.218. The maximum absolute atomic E-state index is 11.4. The van der Waals surface area contributed by atoms with E-state index in [0.29, 0.717) is 6.61 Å². The monoisotopic (exact) mass is 218 g/mol. The zero-order valence-corrected chi connectivity index (χ0v) is 9.43. The van der Waals surface area contributed by atoms with E-state index in [-0.39, 0.29) is 12.4 Å². The first-order chi connectivity index (χ1) is 7.70. The van der Waals surface area contributed by atoms with Crippen LogP contribution >= 0.6 is 0 Å². The number of rotatable bonds is 3. The molecule has 0 saturated carbocycles. The van der Waals surface area contributed by atoms with Crippen LogP contribution in [-0.2, 0) is 16.0 Å². The number of ether oxygens (including phenoxy) is 1. The Kier molecular flexibility index (Phi) is 2.90. The summed E-state index contributed by atoms with van der Waals surface area (Å²) in [5, 5.41) is 0. The van der Waals surface area contributed by atoms with Crippen molar-refractivity contribution in [3.8, 4) is 0 Å². The number of hydrogen-bond donors (Lipinski definition) is 0. The minimum absolute atomic E-state index is 0.218. The van der Waals surface area contributed by atoms with Gasteiger partial charge in [0.05, 0.1) is 18.7 Å². The predicted molar refractivity (Wildman–Crippen MR) is 60.3 cm³/mol. The van der Waals surface area contributed by atoms with Crippen molar-refractivity contribution in [2.45, 2.75) is 20.3 Å². The molecule has 0 aliphatic rings. The van der Waals surface area contributed by atoms with Gasteiger partial charge in [0.2, 0.25) is 0 Å². The van der Waals surface area contributed by atoms with Gasteiger partial charge in [0.1, 0.15) is 5.65 Å². The molecule has 0 unspecified atom stereocenters. The van der Waals surface area contributed by atoms with Crippen LogP contribution in [0.5, 0.6) is 0 Å². The molecule has 4 nitrogen and oxygen atoms in total. The Balaban J connectivity index is 2.28. The van der Waals surface area contributed by atoms with E-state index in [1.807, 2.05) is 29.7 Å². The number of aryl methyl sites for hydroxylation is 1. The molecule has 0 aliphatic carbocycles. The first kappa shape index (κ1) is 10.7. The van der Waals surface area contributed by atoms with Crippen LogP contribution in [0.4, 0.5) is 0 Å². The Morgan fingerprint density at radius 1 is 1.56 bits per heavy atom. The fourth-order valence-corrected chi connectivity index (χ4v) is 1.63. The van der Waals surface area contributed by atoms with Crippen molar-refractivity contribution in [1.82, 2.24) is 9.38 Å². The van der Waals surface area contributed by atoms with E-state index < -0.39 is 0 Å². The molecule has 2 rings (SSSR count). The fourth-order valence-electron chi connectivity index (χ4n) is 1.63. The molecule has 0 amide bonds. The van der Waals surface area contributed by atoms with Gasteiger partial charge < -0.3 is 9.14 Å². The van der Waals surface area contributed by atoms with Crippen LogP contribution < -0.4 is 0 Å². The molecule has 0 aromatic carbocycles. The first-order valence-electron chi connectivity index (χ1n) is 5.29. The van der Waals surface area contributed by atoms with Gasteiger partial charge in [0, 0.05) is 12.4 Å². The molecule has 0 spiro atoms. The number of hydrogen-bond acceptors (Lipinski definition) is 3. The van der Waals surface area contributed by atoms with E-state index in [0.717, 1.165) is 16.9 Å². The molecule has 84 valence electrons. The second-order valence-corrected chi connectivity index (χ2v) is 3.66. The van der Waals surface area contributed by atoms with Gasteiger partial charge in [-0.15, -0.1) is 0 Å². The number of esters is 1. The van der Waals surface area contributed by atoms with Gasteiger partial charge >= 0.3 is 5.97 Å². The van der Waals surface area contributed by atoms with Gasteiger partial charge in [-0.25, -0.2) is 4.98 Å². The molecule has 2 aromatic heterocycles. The van der Waals surface area contributed by atoms with E-state index in [9.17, 15) is 4.79 Å². The summed E-state index contributed by atoms with van der Waals surface area (Å²) in [5.41, 5.74) is 2.87. The highest BCUT2D eigenvalue weighted by atomic mass is 16.5. The molecule has 2 heterocycles. The van der Waals surface area contributed by atoms with Crippen molar-refractivity contribution < 1.29 is 9.53 Å². The van der Waals surface area contributed by atoms with Crippen molar-refractivity contribution in [2.75, 3.05) is 6.61 Å². The van der Waals surface area contributed by atoms with Crippen molar-refractivity contribution in [3.63, 3.8) is 0 Å². The van der Waals surface area contributed by atoms with Crippen LogP contribution in [0.2, 0.25) is 0 Å². The number of carbonyl (C=O) groups excluding carboxylic acids is 1. The van der Waals surface area contributed by atoms with Crippen LogP contribution in [0.15, 0.2) is 24.5 Å². The van der Waals surface area contributed by atoms with Crippen molar-refractivity contribution >= 4 is 11.6 Å². The van der Waals surface area contributed by atoms with Gasteiger partial charge in [-0.2, -0.15) is 0 Å². The molecule has 0 atom stereocenters. The molecule has 16 heavy (non-hydrogen) atoms. The van der Waals surface area contributed by atoms with Gasteiger partial charge in [0.15, 0.2) is 0 Å². The number of pyridine rings is 1. The highest BCUT2D eigenvalue weighted by Gasteiger charge is 2.08. The molecule has 0 N–H and O–H groups in total. The summed E-state index contributed by atoms with van der Waals surface area (Å²) in [6.45, 7) is 4.23. The standard InChI is InChI=1S/C12H14N2O2/c1-3-16-12(15)7-10-8-13-11-6-9(2)4-5-14(10)11/h4-6,8H,3,7H2,1-2H3. The predicted octanol–water partition coefficient (Wildman–Crippen LogP) is 1.75. The summed E-state index contributed by atoms with van der Waals surface area (Å²) in [4.78, 5) is 15.6. The SMILES string of the molecule is CCOC(=O)Cc1cnc2cc(C)ccn12. The second kappa shape index (κ2) is 4.35. The lowest BCUT2D eigenvalue weighted by Gasteiger charge is -2.02. The average molecular weight is 218 g/mol. The van der Waals surface area contributed by atoms with Gasteiger partial charge in [0.25, 0.3) is 0 Å². The second-order valence-electron chi connectivity index (χ2n) is 3.66. The average Bonchev–Trinajstić information content (AvgIpc) is 2.61. The summed E-state index contributed by atoms with van der Waals surface area (Å²) < 4.78 is 6.81. The van der Waals surface area contributed by atoms with E-state index in [4.69, 9.17) is 4.74 Å². The van der Waals surface area contributed by atoms with Crippen molar-refractivity contribution in [3.05, 3.63) is 35.8 Å². The quantitative estimate of drug-likeness (QED) is 0.737. The molecule has 0 aliphatic heterocycles. The topological polar surface area (TPSA) is 43.6 Å². The molecular formula is C12H14N2O2. The van der Waals surface area contributed by atoms with E-state index in [1.165, 1.54) is 0 Å². The van der Waals surface area contributed by atoms with Crippen molar-refractivity contribution in [2.24, 2.45) is 0 Å². The Hall–Kier alpha value is -1.84. The van der Waals surface area contributed by atoms with Crippen molar-refractivity contribution in [1.29, 1.82) is 0 Å². The van der Waals surface area contributed by atoms with Crippen LogP contribution in [0, 0.1) is 6.92 Å². The fraction of sp³-hybridized carbons (Fsp3) is 0.333. The van der Waals surface area contributed by atoms with Gasteiger partial charge in [-0.05, 0) is 31.5 Å². The molecule has 2 aromatic rings. The highest BCUT2D eigenvalue weighted by molar-refractivity contribution is 5.72. The maximum Gasteiger partial charge on any atom is 0.311 e. The van der Waals surface area contributed by atoms with E-state index in [1.54, 1.807) is 13.1 Å². The molecule has 0 radical (unpaired) electrons. The number of fused-ring (bicyclic) bond motifs is 1. The largest absolute Gasteiger partial charge is 0.466 e. The number of nitrogens with zero attached hydrogens (tertiary/aromatic N) is 2. The number of aromatic nitrogens is 2. The summed E-state index contributed by atoms with van der Waals surface area (Å²) in [6, 6.07) is 3.97. The molecule has 0 bridgehead atoms. The van der Waals surface area contributed by atoms with E-state index >= 15 is 0 Å². The Labute approximate surface area is 93.9 Å². The zero-order chi connectivity index (χ0) is 11.5. The van der Waals surface area contributed by atoms with Crippen LogP contribution in [0.25, 0.3) is 5.65 Å². The molecular weight excluding hydrogens is 204 g/mol. The van der Waals surface area contributed by atoms with Crippen LogP contribution in [-0.4, -0.2) is 22.0 Å². The van der Waals surface area contributed by atoms with Gasteiger partial charge in [-0.1, -0.05) is 0 Å². The lowest BCUT2D eigenvalue weighted by Crippen LogP contribution is -2.09. The lowest BCUT2D eigenvalue weighted by molar-refractivity contribution is -0.142. The molecule has 4 heteroatoms. The molecule has 0 saturated heterocycles. The third-order valence-electron chi connectivity index (χ3n) is 2.38. The Morgan fingerprint density at radius 3 is 3.12 bits per heavy atom. The Morgan fingerprint density at radius 2 is 2.38 bits per heavy atom. The van der Waals surface area contributed by atoms with E-state index in [2.05, 4.69) is 4.98 Å². The Bertz CT molecular complexity index is 517. The normalized spacial score (nSPS) is 10.6. The minimum Gasteiger partial charge on any atom is -0.466 e. The summed E-state index contributed by atoms with van der Waals surface area (Å²) >= 11 is 0. The summed E-state index contributed by atoms with van der Waals surface area (Å²) in [7, 11) is 0. The summed E-state index contributed by atoms with van der Waals surface area (Å²) in [6.07, 6.45) is 3.90. The van der Waals surface area contributed by atoms with Crippen LogP contribution in [0.3, 0.4) is 0 Å². The third kappa shape index (κ3) is 2.05. The lowest BCUT2D eigenvalue weighted by atomic mass is 10.3. The highest BCUT2D eigenvalue weighted by Crippen LogP contribution is 2.09. The zero-order valence-electron chi connectivity index (χ0n) is 9.43. The minimum atomic E-state index is -0.218. The first-order valence-corrected chi connectivity index (χ1v) is 5.29. The molecule has 0 fully saturated rings. The third-order valence-corrected chi connectivity index (χ3v) is 2.38. The van der Waals surface area contributed by atoms with Gasteiger partial charge in [-0.3, -0.25) is 4.79 Å². The number of carbonyl (C=O) groups is 1. The number of imidazole rings is 1. The smallest absolute Gasteiger partial charge is 0.311 e.